The summed E-state index contributed by atoms with van der Waals surface area (Å²) in [7, 11) is 6.07. The van der Waals surface area contributed by atoms with Crippen molar-refractivity contribution in [1.82, 2.24) is 4.90 Å². The third-order valence-electron chi connectivity index (χ3n) is 5.28. The molecule has 2 aromatic rings. The number of β-amino-alcohol motifs (C(OH)–C–C–N with tert-alkyl or cyclic N) is 1. The van der Waals surface area contributed by atoms with Gasteiger partial charge >= 0.3 is 5.97 Å². The first-order valence-electron chi connectivity index (χ1n) is 10.0. The molecule has 31 heavy (non-hydrogen) atoms. The molecule has 1 aliphatic heterocycles. The smallest absolute Gasteiger partial charge is 0.337 e. The van der Waals surface area contributed by atoms with E-state index in [1.165, 1.54) is 19.8 Å². The molecule has 168 valence electrons. The number of aliphatic hydroxyl groups excluding tert-OH is 1. The highest BCUT2D eigenvalue weighted by Crippen LogP contribution is 2.33. The van der Waals surface area contributed by atoms with E-state index in [4.69, 9.17) is 23.7 Å². The Bertz CT molecular complexity index is 915. The summed E-state index contributed by atoms with van der Waals surface area (Å²) in [5.74, 6) is 1.84. The topological polar surface area (TPSA) is 86.7 Å². The highest BCUT2D eigenvalue weighted by molar-refractivity contribution is 5.90. The Hall–Kier alpha value is -2.97. The van der Waals surface area contributed by atoms with Crippen molar-refractivity contribution in [2.24, 2.45) is 0 Å². The molecule has 0 amide bonds. The minimum atomic E-state index is -0.688. The molecule has 0 spiro atoms. The first-order valence-corrected chi connectivity index (χ1v) is 10.0. The first kappa shape index (κ1) is 22.7. The molecule has 0 saturated heterocycles. The molecule has 1 aliphatic rings. The Labute approximate surface area is 182 Å². The zero-order valence-electron chi connectivity index (χ0n) is 18.3. The van der Waals surface area contributed by atoms with Gasteiger partial charge in [0.1, 0.15) is 12.7 Å². The lowest BCUT2D eigenvalue weighted by molar-refractivity contribution is 0.0595. The first-order chi connectivity index (χ1) is 15.0. The van der Waals surface area contributed by atoms with Crippen LogP contribution in [-0.2, 0) is 17.7 Å². The van der Waals surface area contributed by atoms with Gasteiger partial charge in [0.2, 0.25) is 0 Å². The van der Waals surface area contributed by atoms with E-state index in [0.717, 1.165) is 24.3 Å². The number of benzene rings is 2. The van der Waals surface area contributed by atoms with Gasteiger partial charge in [0, 0.05) is 19.6 Å². The fourth-order valence-corrected chi connectivity index (χ4v) is 3.67. The molecule has 0 aliphatic carbocycles. The summed E-state index contributed by atoms with van der Waals surface area (Å²) in [6.45, 7) is 2.11. The fourth-order valence-electron chi connectivity index (χ4n) is 3.67. The molecule has 0 aromatic heterocycles. The van der Waals surface area contributed by atoms with Gasteiger partial charge < -0.3 is 28.8 Å². The third kappa shape index (κ3) is 5.39. The Kier molecular flexibility index (Phi) is 7.59. The summed E-state index contributed by atoms with van der Waals surface area (Å²) in [5.41, 5.74) is 2.76. The van der Waals surface area contributed by atoms with Crippen LogP contribution in [0, 0.1) is 0 Å². The number of nitrogens with zero attached hydrogens (tertiary/aromatic N) is 1. The van der Waals surface area contributed by atoms with Gasteiger partial charge in [-0.3, -0.25) is 4.90 Å². The van der Waals surface area contributed by atoms with Crippen LogP contribution >= 0.6 is 0 Å². The largest absolute Gasteiger partial charge is 0.493 e. The molecule has 8 nitrogen and oxygen atoms in total. The monoisotopic (exact) mass is 431 g/mol. The zero-order chi connectivity index (χ0) is 22.4. The van der Waals surface area contributed by atoms with Crippen LogP contribution in [0.4, 0.5) is 0 Å². The number of carbonyl (C=O) groups excluding carboxylic acids is 1. The maximum Gasteiger partial charge on any atom is 0.337 e. The van der Waals surface area contributed by atoms with Crippen molar-refractivity contribution in [3.8, 4) is 23.0 Å². The van der Waals surface area contributed by atoms with Gasteiger partial charge in [0.05, 0.1) is 34.0 Å². The molecule has 1 atom stereocenters. The maximum atomic E-state index is 11.7. The van der Waals surface area contributed by atoms with Crippen LogP contribution in [0.2, 0.25) is 0 Å². The number of methoxy groups -OCH3 is 4. The van der Waals surface area contributed by atoms with E-state index in [-0.39, 0.29) is 6.61 Å². The van der Waals surface area contributed by atoms with Crippen LogP contribution in [-0.4, -0.2) is 70.2 Å². The van der Waals surface area contributed by atoms with Crippen molar-refractivity contribution < 1.29 is 33.6 Å². The minimum Gasteiger partial charge on any atom is -0.493 e. The minimum absolute atomic E-state index is 0.100. The third-order valence-corrected chi connectivity index (χ3v) is 5.28. The molecular weight excluding hydrogens is 402 g/mol. The molecule has 8 heteroatoms. The van der Waals surface area contributed by atoms with Crippen molar-refractivity contribution in [3.63, 3.8) is 0 Å². The highest BCUT2D eigenvalue weighted by atomic mass is 16.5. The molecule has 0 bridgehead atoms. The van der Waals surface area contributed by atoms with E-state index in [9.17, 15) is 9.90 Å². The predicted octanol–water partition coefficient (Wildman–Crippen LogP) is 2.30. The van der Waals surface area contributed by atoms with E-state index < -0.39 is 12.1 Å². The number of aliphatic hydroxyl groups is 1. The van der Waals surface area contributed by atoms with Gasteiger partial charge in [-0.05, 0) is 47.9 Å². The molecule has 0 fully saturated rings. The summed E-state index contributed by atoms with van der Waals surface area (Å²) >= 11 is 0. The van der Waals surface area contributed by atoms with Crippen molar-refractivity contribution >= 4 is 5.97 Å². The summed E-state index contributed by atoms with van der Waals surface area (Å²) in [5, 5.41) is 10.5. The molecule has 1 heterocycles. The average molecular weight is 431 g/mol. The molecule has 2 aromatic carbocycles. The Morgan fingerprint density at radius 1 is 0.968 bits per heavy atom. The van der Waals surface area contributed by atoms with E-state index in [1.807, 2.05) is 12.1 Å². The summed E-state index contributed by atoms with van der Waals surface area (Å²) in [4.78, 5) is 13.8. The Morgan fingerprint density at radius 2 is 1.61 bits per heavy atom. The number of rotatable bonds is 9. The van der Waals surface area contributed by atoms with Crippen LogP contribution in [0.3, 0.4) is 0 Å². The van der Waals surface area contributed by atoms with E-state index >= 15 is 0 Å². The molecule has 0 unspecified atom stereocenters. The number of fused-ring (bicyclic) bond motifs is 1. The molecule has 0 saturated carbocycles. The Balaban J connectivity index is 1.58. The van der Waals surface area contributed by atoms with Gasteiger partial charge in [-0.1, -0.05) is 0 Å². The van der Waals surface area contributed by atoms with E-state index in [0.29, 0.717) is 35.9 Å². The van der Waals surface area contributed by atoms with Crippen LogP contribution in [0.5, 0.6) is 23.0 Å². The molecule has 3 rings (SSSR count). The van der Waals surface area contributed by atoms with Gasteiger partial charge in [0.15, 0.2) is 23.0 Å². The van der Waals surface area contributed by atoms with Crippen molar-refractivity contribution in [2.45, 2.75) is 19.1 Å². The van der Waals surface area contributed by atoms with E-state index in [1.54, 1.807) is 32.4 Å². The van der Waals surface area contributed by atoms with Gasteiger partial charge in [-0.25, -0.2) is 4.79 Å². The Morgan fingerprint density at radius 3 is 2.26 bits per heavy atom. The van der Waals surface area contributed by atoms with Crippen molar-refractivity contribution in [2.75, 3.05) is 48.1 Å². The molecule has 1 N–H and O–H groups in total. The number of ether oxygens (including phenoxy) is 5. The maximum absolute atomic E-state index is 11.7. The van der Waals surface area contributed by atoms with Crippen molar-refractivity contribution in [3.05, 3.63) is 47.0 Å². The lowest BCUT2D eigenvalue weighted by Crippen LogP contribution is -2.38. The molecule has 0 radical (unpaired) electrons. The second kappa shape index (κ2) is 10.4. The lowest BCUT2D eigenvalue weighted by atomic mass is 9.98. The fraction of sp³-hybridized carbons (Fsp3) is 0.435. The number of carbonyl (C=O) groups is 1. The van der Waals surface area contributed by atoms with Crippen molar-refractivity contribution in [1.29, 1.82) is 0 Å². The average Bonchev–Trinajstić information content (AvgIpc) is 2.80. The normalized spacial score (nSPS) is 14.4. The SMILES string of the molecule is COC(=O)c1ccc(OC[C@@H](O)CN2CCc3cc(OC)c(OC)cc3C2)c(OC)c1. The van der Waals surface area contributed by atoms with Gasteiger partial charge in [0.25, 0.3) is 0 Å². The predicted molar refractivity (Wildman–Crippen MR) is 114 cm³/mol. The van der Waals surface area contributed by atoms with Crippen LogP contribution < -0.4 is 18.9 Å². The number of hydrogen-bond donors (Lipinski definition) is 1. The van der Waals surface area contributed by atoms with E-state index in [2.05, 4.69) is 4.90 Å². The summed E-state index contributed by atoms with van der Waals surface area (Å²) < 4.78 is 26.5. The zero-order valence-corrected chi connectivity index (χ0v) is 18.3. The lowest BCUT2D eigenvalue weighted by Gasteiger charge is -2.31. The number of esters is 1. The summed E-state index contributed by atoms with van der Waals surface area (Å²) in [6, 6.07) is 8.80. The van der Waals surface area contributed by atoms with Crippen LogP contribution in [0.1, 0.15) is 21.5 Å². The summed E-state index contributed by atoms with van der Waals surface area (Å²) in [6.07, 6.45) is 0.179. The van der Waals surface area contributed by atoms with Gasteiger partial charge in [-0.15, -0.1) is 0 Å². The highest BCUT2D eigenvalue weighted by Gasteiger charge is 2.22. The standard InChI is InChI=1S/C23H29NO7/c1-27-20-10-16(23(26)30-4)5-6-19(20)31-14-18(25)13-24-8-7-15-9-21(28-2)22(29-3)11-17(15)12-24/h5-6,9-11,18,25H,7-8,12-14H2,1-4H3/t18-/m0/s1. The number of hydrogen-bond acceptors (Lipinski definition) is 8. The van der Waals surface area contributed by atoms with Gasteiger partial charge in [-0.2, -0.15) is 0 Å². The van der Waals surface area contributed by atoms with Crippen LogP contribution in [0.25, 0.3) is 0 Å². The quantitative estimate of drug-likeness (QED) is 0.606. The second-order valence-electron chi connectivity index (χ2n) is 7.28. The van der Waals surface area contributed by atoms with Crippen LogP contribution in [0.15, 0.2) is 30.3 Å². The second-order valence-corrected chi connectivity index (χ2v) is 7.28. The molecular formula is C23H29NO7.